The molecule has 2 aromatic heterocycles. The van der Waals surface area contributed by atoms with Gasteiger partial charge >= 0.3 is 5.97 Å². The van der Waals surface area contributed by atoms with Crippen LogP contribution in [0.25, 0.3) is 10.2 Å². The van der Waals surface area contributed by atoms with Crippen molar-refractivity contribution in [1.29, 1.82) is 0 Å². The van der Waals surface area contributed by atoms with Crippen LogP contribution in [-0.2, 0) is 16.1 Å². The van der Waals surface area contributed by atoms with Gasteiger partial charge in [-0.3, -0.25) is 14.2 Å². The molecule has 2 aromatic rings. The number of thiophene rings is 1. The Hall–Kier alpha value is -1.47. The maximum Gasteiger partial charge on any atom is 0.326 e. The van der Waals surface area contributed by atoms with E-state index in [4.69, 9.17) is 17.0 Å². The van der Waals surface area contributed by atoms with Crippen LogP contribution in [0.4, 0.5) is 0 Å². The molecule has 0 aliphatic heterocycles. The lowest BCUT2D eigenvalue weighted by Gasteiger charge is -2.05. The molecule has 1 N–H and O–H groups in total. The zero-order chi connectivity index (χ0) is 12.4. The second-order valence-electron chi connectivity index (χ2n) is 3.29. The summed E-state index contributed by atoms with van der Waals surface area (Å²) in [5.41, 5.74) is -0.266. The molecule has 0 aliphatic carbocycles. The Balaban J connectivity index is 2.50. The number of nitrogens with one attached hydrogen (secondary N) is 1. The highest BCUT2D eigenvalue weighted by Crippen LogP contribution is 2.13. The second-order valence-corrected chi connectivity index (χ2v) is 4.59. The highest BCUT2D eigenvalue weighted by atomic mass is 32.1. The average Bonchev–Trinajstić information content (AvgIpc) is 2.72. The Morgan fingerprint density at radius 1 is 1.65 bits per heavy atom. The standard InChI is InChI=1S/C10H10N2O3S2/c1-2-15-7(13)5-12-9(14)6-3-4-17-8(6)11-10(12)16/h3-4H,2,5H2,1H3,(H,11,16). The number of rotatable bonds is 3. The number of fused-ring (bicyclic) bond motifs is 1. The molecule has 0 radical (unpaired) electrons. The molecule has 2 rings (SSSR count). The molecule has 2 heterocycles. The number of esters is 1. The second kappa shape index (κ2) is 4.80. The summed E-state index contributed by atoms with van der Waals surface area (Å²) in [4.78, 5) is 27.0. The van der Waals surface area contributed by atoms with Crippen LogP contribution in [0.3, 0.4) is 0 Å². The number of hydrogen-bond donors (Lipinski definition) is 1. The van der Waals surface area contributed by atoms with Crippen molar-refractivity contribution < 1.29 is 9.53 Å². The number of H-pyrrole nitrogens is 1. The minimum Gasteiger partial charge on any atom is -0.465 e. The summed E-state index contributed by atoms with van der Waals surface area (Å²) in [5.74, 6) is -0.469. The van der Waals surface area contributed by atoms with Crippen LogP contribution >= 0.6 is 23.6 Å². The number of carbonyl (C=O) groups excluding carboxylic acids is 1. The van der Waals surface area contributed by atoms with E-state index in [-0.39, 0.29) is 23.5 Å². The van der Waals surface area contributed by atoms with Crippen molar-refractivity contribution in [2.45, 2.75) is 13.5 Å². The lowest BCUT2D eigenvalue weighted by Crippen LogP contribution is -2.26. The summed E-state index contributed by atoms with van der Waals surface area (Å²) in [6.45, 7) is 1.84. The molecule has 0 unspecified atom stereocenters. The average molecular weight is 270 g/mol. The van der Waals surface area contributed by atoms with Gasteiger partial charge in [-0.25, -0.2) is 0 Å². The van der Waals surface area contributed by atoms with E-state index in [0.717, 1.165) is 4.83 Å². The van der Waals surface area contributed by atoms with Crippen LogP contribution in [0.1, 0.15) is 6.92 Å². The SMILES string of the molecule is CCOC(=O)Cn1c(=S)[nH]c2sccc2c1=O. The van der Waals surface area contributed by atoms with Crippen molar-refractivity contribution in [3.63, 3.8) is 0 Å². The summed E-state index contributed by atoms with van der Waals surface area (Å²) in [7, 11) is 0. The van der Waals surface area contributed by atoms with Gasteiger partial charge in [0, 0.05) is 0 Å². The number of carbonyl (C=O) groups is 1. The Bertz CT molecular complexity index is 668. The van der Waals surface area contributed by atoms with Gasteiger partial charge < -0.3 is 9.72 Å². The molecule has 0 spiro atoms. The Morgan fingerprint density at radius 3 is 3.12 bits per heavy atom. The molecule has 5 nitrogen and oxygen atoms in total. The third-order valence-corrected chi connectivity index (χ3v) is 3.35. The first-order valence-electron chi connectivity index (χ1n) is 4.99. The van der Waals surface area contributed by atoms with Crippen LogP contribution in [0.15, 0.2) is 16.2 Å². The van der Waals surface area contributed by atoms with E-state index in [9.17, 15) is 9.59 Å². The summed E-state index contributed by atoms with van der Waals surface area (Å²) in [6.07, 6.45) is 0. The van der Waals surface area contributed by atoms with Gasteiger partial charge in [-0.05, 0) is 30.6 Å². The molecule has 0 saturated heterocycles. The van der Waals surface area contributed by atoms with Crippen molar-refractivity contribution in [1.82, 2.24) is 9.55 Å². The predicted molar refractivity (Wildman–Crippen MR) is 67.9 cm³/mol. The zero-order valence-electron chi connectivity index (χ0n) is 9.06. The fraction of sp³-hybridized carbons (Fsp3) is 0.300. The fourth-order valence-electron chi connectivity index (χ4n) is 1.46. The van der Waals surface area contributed by atoms with E-state index in [1.54, 1.807) is 18.4 Å². The molecule has 17 heavy (non-hydrogen) atoms. The normalized spacial score (nSPS) is 10.6. The van der Waals surface area contributed by atoms with Crippen molar-refractivity contribution in [2.24, 2.45) is 0 Å². The number of hydrogen-bond acceptors (Lipinski definition) is 5. The first-order chi connectivity index (χ1) is 8.13. The molecule has 0 fully saturated rings. The van der Waals surface area contributed by atoms with E-state index < -0.39 is 5.97 Å². The van der Waals surface area contributed by atoms with Crippen LogP contribution in [0, 0.1) is 4.77 Å². The largest absolute Gasteiger partial charge is 0.465 e. The van der Waals surface area contributed by atoms with Gasteiger partial charge in [-0.2, -0.15) is 0 Å². The number of nitrogens with zero attached hydrogens (tertiary/aromatic N) is 1. The van der Waals surface area contributed by atoms with E-state index in [1.165, 1.54) is 15.9 Å². The predicted octanol–water partition coefficient (Wildman–Crippen LogP) is 1.68. The third-order valence-electron chi connectivity index (χ3n) is 2.20. The van der Waals surface area contributed by atoms with Crippen molar-refractivity contribution in [3.8, 4) is 0 Å². The third kappa shape index (κ3) is 2.29. The van der Waals surface area contributed by atoms with Crippen LogP contribution in [0.5, 0.6) is 0 Å². The fourth-order valence-corrected chi connectivity index (χ4v) is 2.55. The van der Waals surface area contributed by atoms with Gasteiger partial charge in [0.15, 0.2) is 4.77 Å². The van der Waals surface area contributed by atoms with Crippen LogP contribution < -0.4 is 5.56 Å². The van der Waals surface area contributed by atoms with Crippen LogP contribution in [0.2, 0.25) is 0 Å². The molecule has 0 aromatic carbocycles. The van der Waals surface area contributed by atoms with Crippen molar-refractivity contribution >= 4 is 39.7 Å². The smallest absolute Gasteiger partial charge is 0.326 e. The molecule has 90 valence electrons. The molecular formula is C10H10N2O3S2. The summed E-state index contributed by atoms with van der Waals surface area (Å²) < 4.78 is 6.24. The Labute approximate surface area is 106 Å². The lowest BCUT2D eigenvalue weighted by molar-refractivity contribution is -0.143. The van der Waals surface area contributed by atoms with Crippen molar-refractivity contribution in [2.75, 3.05) is 6.61 Å². The topological polar surface area (TPSA) is 64.1 Å². The molecular weight excluding hydrogens is 260 g/mol. The molecule has 0 amide bonds. The molecule has 0 saturated carbocycles. The molecule has 7 heteroatoms. The first kappa shape index (κ1) is 12.0. The van der Waals surface area contributed by atoms with E-state index in [0.29, 0.717) is 5.39 Å². The molecule has 0 atom stereocenters. The zero-order valence-corrected chi connectivity index (χ0v) is 10.7. The molecule has 0 aliphatic rings. The van der Waals surface area contributed by atoms with E-state index >= 15 is 0 Å². The van der Waals surface area contributed by atoms with E-state index in [1.807, 2.05) is 0 Å². The van der Waals surface area contributed by atoms with Gasteiger partial charge in [0.2, 0.25) is 0 Å². The first-order valence-corrected chi connectivity index (χ1v) is 6.28. The number of aromatic nitrogens is 2. The number of ether oxygens (including phenoxy) is 1. The lowest BCUT2D eigenvalue weighted by atomic mass is 10.4. The monoisotopic (exact) mass is 270 g/mol. The molecule has 0 bridgehead atoms. The van der Waals surface area contributed by atoms with Gasteiger partial charge in [0.05, 0.1) is 12.0 Å². The highest BCUT2D eigenvalue weighted by Gasteiger charge is 2.10. The van der Waals surface area contributed by atoms with E-state index in [2.05, 4.69) is 4.98 Å². The van der Waals surface area contributed by atoms with Gasteiger partial charge in [-0.15, -0.1) is 11.3 Å². The quantitative estimate of drug-likeness (QED) is 0.681. The summed E-state index contributed by atoms with van der Waals surface area (Å²) >= 11 is 6.44. The Kier molecular flexibility index (Phi) is 3.39. The summed E-state index contributed by atoms with van der Waals surface area (Å²) in [6, 6.07) is 1.70. The summed E-state index contributed by atoms with van der Waals surface area (Å²) in [5, 5.41) is 2.33. The number of aromatic amines is 1. The maximum absolute atomic E-state index is 12.0. The minimum atomic E-state index is -0.469. The van der Waals surface area contributed by atoms with Crippen LogP contribution in [-0.4, -0.2) is 22.1 Å². The maximum atomic E-state index is 12.0. The van der Waals surface area contributed by atoms with Gasteiger partial charge in [0.25, 0.3) is 5.56 Å². The van der Waals surface area contributed by atoms with Gasteiger partial charge in [-0.1, -0.05) is 0 Å². The van der Waals surface area contributed by atoms with Crippen molar-refractivity contribution in [3.05, 3.63) is 26.6 Å². The highest BCUT2D eigenvalue weighted by molar-refractivity contribution is 7.71. The Morgan fingerprint density at radius 2 is 2.41 bits per heavy atom. The minimum absolute atomic E-state index is 0.159. The van der Waals surface area contributed by atoms with Gasteiger partial charge in [0.1, 0.15) is 11.4 Å².